The number of unbranched alkanes of at least 4 members (excludes halogenated alkanes) is 2. The van der Waals surface area contributed by atoms with Gasteiger partial charge in [-0.2, -0.15) is 0 Å². The highest BCUT2D eigenvalue weighted by molar-refractivity contribution is 7.11. The number of nitrogens with zero attached hydrogens (tertiary/aromatic N) is 1. The first-order valence-corrected chi connectivity index (χ1v) is 8.77. The van der Waals surface area contributed by atoms with Gasteiger partial charge < -0.3 is 5.32 Å². The number of aromatic nitrogens is 1. The molecule has 0 bridgehead atoms. The Balaban J connectivity index is 2.05. The molecule has 0 fully saturated rings. The van der Waals surface area contributed by atoms with Gasteiger partial charge in [0.1, 0.15) is 5.01 Å². The standard InChI is InChI=1S/C16H28N2S/c1-4-5-6-10-14(17-12(2)3)16-18-13-9-7-8-11-15(13)19-16/h12,14,17H,4-11H2,1-3H3. The second kappa shape index (κ2) is 7.39. The van der Waals surface area contributed by atoms with Crippen LogP contribution in [0.15, 0.2) is 0 Å². The van der Waals surface area contributed by atoms with Crippen LogP contribution in [-0.4, -0.2) is 11.0 Å². The van der Waals surface area contributed by atoms with Gasteiger partial charge in [0.15, 0.2) is 0 Å². The van der Waals surface area contributed by atoms with Gasteiger partial charge in [-0.1, -0.05) is 40.0 Å². The molecule has 1 aromatic rings. The number of nitrogens with one attached hydrogen (secondary N) is 1. The Bertz CT molecular complexity index is 361. The largest absolute Gasteiger partial charge is 0.306 e. The van der Waals surface area contributed by atoms with Crippen LogP contribution in [0.2, 0.25) is 0 Å². The van der Waals surface area contributed by atoms with Crippen molar-refractivity contribution in [1.29, 1.82) is 0 Å². The van der Waals surface area contributed by atoms with Crippen LogP contribution in [0.5, 0.6) is 0 Å². The fraction of sp³-hybridized carbons (Fsp3) is 0.812. The van der Waals surface area contributed by atoms with E-state index in [1.807, 2.05) is 11.3 Å². The lowest BCUT2D eigenvalue weighted by molar-refractivity contribution is 0.433. The molecule has 0 radical (unpaired) electrons. The lowest BCUT2D eigenvalue weighted by Gasteiger charge is -2.19. The van der Waals surface area contributed by atoms with Crippen molar-refractivity contribution < 1.29 is 0 Å². The average Bonchev–Trinajstić information content (AvgIpc) is 2.81. The predicted molar refractivity (Wildman–Crippen MR) is 83.9 cm³/mol. The van der Waals surface area contributed by atoms with Crippen molar-refractivity contribution >= 4 is 11.3 Å². The fourth-order valence-electron chi connectivity index (χ4n) is 2.80. The molecular weight excluding hydrogens is 252 g/mol. The number of aryl methyl sites for hydroxylation is 2. The quantitative estimate of drug-likeness (QED) is 0.736. The van der Waals surface area contributed by atoms with Crippen LogP contribution in [0.4, 0.5) is 0 Å². The zero-order valence-corrected chi connectivity index (χ0v) is 13.5. The maximum absolute atomic E-state index is 4.94. The van der Waals surface area contributed by atoms with E-state index >= 15 is 0 Å². The van der Waals surface area contributed by atoms with Gasteiger partial charge >= 0.3 is 0 Å². The molecule has 3 heteroatoms. The number of thiazole rings is 1. The Hall–Kier alpha value is -0.410. The van der Waals surface area contributed by atoms with Crippen LogP contribution in [0.3, 0.4) is 0 Å². The van der Waals surface area contributed by atoms with Crippen molar-refractivity contribution in [3.8, 4) is 0 Å². The van der Waals surface area contributed by atoms with Crippen LogP contribution < -0.4 is 5.32 Å². The van der Waals surface area contributed by atoms with Gasteiger partial charge in [0.2, 0.25) is 0 Å². The Morgan fingerprint density at radius 2 is 2.00 bits per heavy atom. The number of fused-ring (bicyclic) bond motifs is 1. The second-order valence-corrected chi connectivity index (χ2v) is 7.11. The SMILES string of the molecule is CCCCCC(NC(C)C)c1nc2c(s1)CCCC2. The molecule has 1 N–H and O–H groups in total. The van der Waals surface area contributed by atoms with Gasteiger partial charge in [0, 0.05) is 10.9 Å². The van der Waals surface area contributed by atoms with Crippen molar-refractivity contribution in [1.82, 2.24) is 10.3 Å². The minimum absolute atomic E-state index is 0.474. The minimum atomic E-state index is 0.474. The molecule has 1 aliphatic rings. The molecule has 1 aromatic heterocycles. The van der Waals surface area contributed by atoms with Crippen molar-refractivity contribution in [2.75, 3.05) is 0 Å². The summed E-state index contributed by atoms with van der Waals surface area (Å²) < 4.78 is 0. The van der Waals surface area contributed by atoms with E-state index in [2.05, 4.69) is 26.1 Å². The first-order chi connectivity index (χ1) is 9.20. The Kier molecular flexibility index (Phi) is 5.83. The van der Waals surface area contributed by atoms with E-state index in [-0.39, 0.29) is 0 Å². The molecule has 1 unspecified atom stereocenters. The summed E-state index contributed by atoms with van der Waals surface area (Å²) in [5, 5.41) is 5.06. The second-order valence-electron chi connectivity index (χ2n) is 6.00. The van der Waals surface area contributed by atoms with E-state index in [1.54, 1.807) is 4.88 Å². The molecule has 0 saturated carbocycles. The van der Waals surface area contributed by atoms with E-state index in [4.69, 9.17) is 4.98 Å². The highest BCUT2D eigenvalue weighted by Crippen LogP contribution is 2.32. The molecular formula is C16H28N2S. The van der Waals surface area contributed by atoms with E-state index in [1.165, 1.54) is 62.1 Å². The van der Waals surface area contributed by atoms with Crippen LogP contribution in [-0.2, 0) is 12.8 Å². The molecule has 0 aromatic carbocycles. The number of rotatable bonds is 7. The van der Waals surface area contributed by atoms with Crippen LogP contribution in [0.25, 0.3) is 0 Å². The molecule has 0 aliphatic heterocycles. The van der Waals surface area contributed by atoms with Gasteiger partial charge in [-0.3, -0.25) is 0 Å². The summed E-state index contributed by atoms with van der Waals surface area (Å²) >= 11 is 1.97. The smallest absolute Gasteiger partial charge is 0.110 e. The maximum Gasteiger partial charge on any atom is 0.110 e. The summed E-state index contributed by atoms with van der Waals surface area (Å²) in [6.45, 7) is 6.74. The molecule has 1 heterocycles. The minimum Gasteiger partial charge on any atom is -0.306 e. The zero-order chi connectivity index (χ0) is 13.7. The maximum atomic E-state index is 4.94. The zero-order valence-electron chi connectivity index (χ0n) is 12.7. The molecule has 2 nitrogen and oxygen atoms in total. The number of hydrogen-bond donors (Lipinski definition) is 1. The van der Waals surface area contributed by atoms with E-state index in [9.17, 15) is 0 Å². The molecule has 0 saturated heterocycles. The highest BCUT2D eigenvalue weighted by Gasteiger charge is 2.21. The normalized spacial score (nSPS) is 16.6. The molecule has 2 rings (SSSR count). The first-order valence-electron chi connectivity index (χ1n) is 7.95. The third kappa shape index (κ3) is 4.28. The van der Waals surface area contributed by atoms with Crippen molar-refractivity contribution in [2.24, 2.45) is 0 Å². The lowest BCUT2D eigenvalue weighted by atomic mass is 10.0. The van der Waals surface area contributed by atoms with Gasteiger partial charge in [-0.25, -0.2) is 4.98 Å². The van der Waals surface area contributed by atoms with E-state index < -0.39 is 0 Å². The third-order valence-electron chi connectivity index (χ3n) is 3.79. The predicted octanol–water partition coefficient (Wildman–Crippen LogP) is 4.64. The van der Waals surface area contributed by atoms with Crippen molar-refractivity contribution in [2.45, 2.75) is 84.2 Å². The Labute approximate surface area is 122 Å². The van der Waals surface area contributed by atoms with E-state index in [0.29, 0.717) is 12.1 Å². The van der Waals surface area contributed by atoms with Crippen molar-refractivity contribution in [3.63, 3.8) is 0 Å². The van der Waals surface area contributed by atoms with Gasteiger partial charge in [0.25, 0.3) is 0 Å². The van der Waals surface area contributed by atoms with Gasteiger partial charge in [-0.05, 0) is 32.1 Å². The molecule has 0 amide bonds. The summed E-state index contributed by atoms with van der Waals surface area (Å²) in [7, 11) is 0. The van der Waals surface area contributed by atoms with Crippen molar-refractivity contribution in [3.05, 3.63) is 15.6 Å². The van der Waals surface area contributed by atoms with Gasteiger partial charge in [-0.15, -0.1) is 11.3 Å². The first kappa shape index (κ1) is 15.0. The fourth-order valence-corrected chi connectivity index (χ4v) is 4.05. The topological polar surface area (TPSA) is 24.9 Å². The molecule has 1 aliphatic carbocycles. The van der Waals surface area contributed by atoms with E-state index in [0.717, 1.165) is 0 Å². The monoisotopic (exact) mass is 280 g/mol. The summed E-state index contributed by atoms with van der Waals surface area (Å²) in [4.78, 5) is 6.50. The summed E-state index contributed by atoms with van der Waals surface area (Å²) in [6, 6.07) is 1.01. The van der Waals surface area contributed by atoms with Crippen LogP contribution in [0.1, 0.15) is 80.9 Å². The summed E-state index contributed by atoms with van der Waals surface area (Å²) in [5.41, 5.74) is 1.40. The van der Waals surface area contributed by atoms with Gasteiger partial charge in [0.05, 0.1) is 11.7 Å². The summed E-state index contributed by atoms with van der Waals surface area (Å²) in [5.74, 6) is 0. The highest BCUT2D eigenvalue weighted by atomic mass is 32.1. The third-order valence-corrected chi connectivity index (χ3v) is 5.06. The molecule has 0 spiro atoms. The van der Waals surface area contributed by atoms with Crippen LogP contribution in [0, 0.1) is 0 Å². The Morgan fingerprint density at radius 3 is 2.68 bits per heavy atom. The Morgan fingerprint density at radius 1 is 1.21 bits per heavy atom. The molecule has 19 heavy (non-hydrogen) atoms. The molecule has 1 atom stereocenters. The summed E-state index contributed by atoms with van der Waals surface area (Å²) in [6.07, 6.45) is 10.3. The van der Waals surface area contributed by atoms with Crippen LogP contribution >= 0.6 is 11.3 Å². The molecule has 108 valence electrons. The number of hydrogen-bond acceptors (Lipinski definition) is 3. The lowest BCUT2D eigenvalue weighted by Crippen LogP contribution is -2.28. The average molecular weight is 280 g/mol.